The van der Waals surface area contributed by atoms with Crippen LogP contribution in [0.4, 0.5) is 4.39 Å². The molecule has 2 N–H and O–H groups in total. The van der Waals surface area contributed by atoms with Gasteiger partial charge in [-0.3, -0.25) is 0 Å². The molecule has 1 saturated carbocycles. The van der Waals surface area contributed by atoms with Crippen molar-refractivity contribution in [1.82, 2.24) is 0 Å². The van der Waals surface area contributed by atoms with Gasteiger partial charge in [0.1, 0.15) is 0 Å². The van der Waals surface area contributed by atoms with Gasteiger partial charge in [-0.1, -0.05) is 12.1 Å². The molecule has 1 aromatic rings. The average molecular weight is 209 g/mol. The maximum absolute atomic E-state index is 13.5. The quantitative estimate of drug-likeness (QED) is 0.828. The zero-order valence-electron chi connectivity index (χ0n) is 9.09. The summed E-state index contributed by atoms with van der Waals surface area (Å²) in [7, 11) is 1.50. The Hall–Kier alpha value is -1.09. The number of hydrogen-bond acceptors (Lipinski definition) is 2. The fourth-order valence-corrected chi connectivity index (χ4v) is 2.21. The fraction of sp³-hybridized carbons (Fsp3) is 0.500. The van der Waals surface area contributed by atoms with Gasteiger partial charge in [0.2, 0.25) is 0 Å². The summed E-state index contributed by atoms with van der Waals surface area (Å²) in [5.41, 5.74) is 6.81. The molecule has 1 aliphatic rings. The van der Waals surface area contributed by atoms with Crippen molar-refractivity contribution in [2.45, 2.75) is 31.2 Å². The van der Waals surface area contributed by atoms with E-state index in [2.05, 4.69) is 0 Å². The van der Waals surface area contributed by atoms with Crippen LogP contribution in [-0.4, -0.2) is 13.2 Å². The Morgan fingerprint density at radius 1 is 1.47 bits per heavy atom. The van der Waals surface area contributed by atoms with E-state index in [1.165, 1.54) is 13.2 Å². The Morgan fingerprint density at radius 3 is 2.60 bits per heavy atom. The lowest BCUT2D eigenvalue weighted by atomic mass is 9.88. The number of nitrogens with two attached hydrogens (primary N) is 1. The van der Waals surface area contributed by atoms with Gasteiger partial charge in [0, 0.05) is 17.0 Å². The molecular weight excluding hydrogens is 193 g/mol. The van der Waals surface area contributed by atoms with E-state index >= 15 is 0 Å². The third-order valence-corrected chi connectivity index (χ3v) is 3.37. The summed E-state index contributed by atoms with van der Waals surface area (Å²) < 4.78 is 18.6. The van der Waals surface area contributed by atoms with Crippen LogP contribution in [0.1, 0.15) is 25.3 Å². The normalized spacial score (nSPS) is 19.7. The molecule has 2 nitrogen and oxygen atoms in total. The number of rotatable bonds is 3. The molecule has 0 radical (unpaired) electrons. The van der Waals surface area contributed by atoms with Gasteiger partial charge in [-0.2, -0.15) is 0 Å². The van der Waals surface area contributed by atoms with Gasteiger partial charge < -0.3 is 10.5 Å². The van der Waals surface area contributed by atoms with Gasteiger partial charge in [-0.15, -0.1) is 0 Å². The third-order valence-electron chi connectivity index (χ3n) is 3.37. The highest BCUT2D eigenvalue weighted by molar-refractivity contribution is 5.45. The lowest BCUT2D eigenvalue weighted by Crippen LogP contribution is -2.32. The highest BCUT2D eigenvalue weighted by Gasteiger charge is 2.49. The number of ether oxygens (including phenoxy) is 1. The Balaban J connectivity index is 2.49. The first-order valence-corrected chi connectivity index (χ1v) is 5.20. The number of para-hydroxylation sites is 1. The first-order chi connectivity index (χ1) is 7.12. The molecule has 1 unspecified atom stereocenters. The summed E-state index contributed by atoms with van der Waals surface area (Å²) in [5, 5.41) is 0. The smallest absolute Gasteiger partial charge is 0.165 e. The second-order valence-corrected chi connectivity index (χ2v) is 4.27. The molecule has 0 bridgehead atoms. The van der Waals surface area contributed by atoms with E-state index in [0.29, 0.717) is 5.75 Å². The van der Waals surface area contributed by atoms with Crippen molar-refractivity contribution in [1.29, 1.82) is 0 Å². The summed E-state index contributed by atoms with van der Waals surface area (Å²) in [5.74, 6) is 0.0502. The summed E-state index contributed by atoms with van der Waals surface area (Å²) in [6, 6.07) is 5.08. The first kappa shape index (κ1) is 10.4. The zero-order chi connectivity index (χ0) is 11.1. The molecule has 0 aliphatic heterocycles. The average Bonchev–Trinajstić information content (AvgIpc) is 2.98. The summed E-state index contributed by atoms with van der Waals surface area (Å²) >= 11 is 0. The predicted octanol–water partition coefficient (Wildman–Crippen LogP) is 2.21. The van der Waals surface area contributed by atoms with Crippen LogP contribution >= 0.6 is 0 Å². The highest BCUT2D eigenvalue weighted by atomic mass is 19.1. The van der Waals surface area contributed by atoms with Crippen molar-refractivity contribution in [3.8, 4) is 5.75 Å². The van der Waals surface area contributed by atoms with Crippen LogP contribution in [0, 0.1) is 5.82 Å². The zero-order valence-corrected chi connectivity index (χ0v) is 9.09. The number of halogens is 1. The van der Waals surface area contributed by atoms with Crippen molar-refractivity contribution in [3.63, 3.8) is 0 Å². The molecule has 0 spiro atoms. The van der Waals surface area contributed by atoms with E-state index < -0.39 is 0 Å². The van der Waals surface area contributed by atoms with Crippen LogP contribution in [-0.2, 0) is 5.41 Å². The van der Waals surface area contributed by atoms with E-state index in [4.69, 9.17) is 10.5 Å². The number of benzene rings is 1. The lowest BCUT2D eigenvalue weighted by molar-refractivity contribution is 0.372. The molecule has 0 amide bonds. The molecule has 82 valence electrons. The molecule has 2 rings (SSSR count). The molecule has 0 saturated heterocycles. The molecule has 1 aliphatic carbocycles. The van der Waals surface area contributed by atoms with Gasteiger partial charge in [-0.25, -0.2) is 4.39 Å². The number of hydrogen-bond donors (Lipinski definition) is 1. The second kappa shape index (κ2) is 3.49. The Labute approximate surface area is 89.2 Å². The van der Waals surface area contributed by atoms with Crippen LogP contribution in [0.2, 0.25) is 0 Å². The minimum Gasteiger partial charge on any atom is -0.493 e. The topological polar surface area (TPSA) is 35.2 Å². The van der Waals surface area contributed by atoms with E-state index in [9.17, 15) is 4.39 Å². The molecule has 0 aromatic heterocycles. The lowest BCUT2D eigenvalue weighted by Gasteiger charge is -2.22. The summed E-state index contributed by atoms with van der Waals surface area (Å²) in [4.78, 5) is 0. The van der Waals surface area contributed by atoms with Gasteiger partial charge in [0.25, 0.3) is 0 Å². The van der Waals surface area contributed by atoms with Gasteiger partial charge in [0.05, 0.1) is 7.11 Å². The maximum Gasteiger partial charge on any atom is 0.165 e. The van der Waals surface area contributed by atoms with Gasteiger partial charge in [0.15, 0.2) is 11.6 Å². The molecule has 1 aromatic carbocycles. The van der Waals surface area contributed by atoms with Crippen LogP contribution in [0.3, 0.4) is 0 Å². The second-order valence-electron chi connectivity index (χ2n) is 4.27. The molecule has 1 atom stereocenters. The monoisotopic (exact) mass is 209 g/mol. The SMILES string of the molecule is COc1c(F)cccc1C1(C(C)N)CC1. The first-order valence-electron chi connectivity index (χ1n) is 5.20. The highest BCUT2D eigenvalue weighted by Crippen LogP contribution is 2.53. The molecular formula is C12H16FNO. The maximum atomic E-state index is 13.5. The van der Waals surface area contributed by atoms with Gasteiger partial charge >= 0.3 is 0 Å². The molecule has 0 heterocycles. The fourth-order valence-electron chi connectivity index (χ4n) is 2.21. The van der Waals surface area contributed by atoms with E-state index in [0.717, 1.165) is 18.4 Å². The number of methoxy groups -OCH3 is 1. The molecule has 15 heavy (non-hydrogen) atoms. The minimum absolute atomic E-state index is 0.0354. The van der Waals surface area contributed by atoms with Crippen LogP contribution < -0.4 is 10.5 Å². The van der Waals surface area contributed by atoms with Crippen LogP contribution in [0.25, 0.3) is 0 Å². The molecule has 1 fully saturated rings. The van der Waals surface area contributed by atoms with Crippen LogP contribution in [0.15, 0.2) is 18.2 Å². The summed E-state index contributed by atoms with van der Waals surface area (Å²) in [6.45, 7) is 1.97. The van der Waals surface area contributed by atoms with E-state index in [-0.39, 0.29) is 17.3 Å². The Bertz CT molecular complexity index is 372. The largest absolute Gasteiger partial charge is 0.493 e. The van der Waals surface area contributed by atoms with Crippen molar-refractivity contribution < 1.29 is 9.13 Å². The third kappa shape index (κ3) is 1.51. The summed E-state index contributed by atoms with van der Waals surface area (Å²) in [6.07, 6.45) is 2.04. The Morgan fingerprint density at radius 2 is 2.13 bits per heavy atom. The van der Waals surface area contributed by atoms with Gasteiger partial charge in [-0.05, 0) is 25.8 Å². The van der Waals surface area contributed by atoms with E-state index in [1.54, 1.807) is 6.07 Å². The predicted molar refractivity (Wildman–Crippen MR) is 57.5 cm³/mol. The standard InChI is InChI=1S/C12H16FNO/c1-8(14)12(6-7-12)9-4-3-5-10(13)11(9)15-2/h3-5,8H,6-7,14H2,1-2H3. The molecule has 3 heteroatoms. The van der Waals surface area contributed by atoms with Crippen molar-refractivity contribution >= 4 is 0 Å². The van der Waals surface area contributed by atoms with Crippen LogP contribution in [0.5, 0.6) is 5.75 Å². The van der Waals surface area contributed by atoms with Crippen molar-refractivity contribution in [2.24, 2.45) is 5.73 Å². The van der Waals surface area contributed by atoms with Crippen molar-refractivity contribution in [2.75, 3.05) is 7.11 Å². The van der Waals surface area contributed by atoms with Crippen molar-refractivity contribution in [3.05, 3.63) is 29.6 Å². The Kier molecular flexibility index (Phi) is 2.43. The van der Waals surface area contributed by atoms with E-state index in [1.807, 2.05) is 13.0 Å². The minimum atomic E-state index is -0.304.